The summed E-state index contributed by atoms with van der Waals surface area (Å²) < 4.78 is 6.58. The van der Waals surface area contributed by atoms with Gasteiger partial charge in [-0.05, 0) is 81.8 Å². The molecule has 192 valence electrons. The molecule has 0 saturated carbocycles. The van der Waals surface area contributed by atoms with E-state index in [1.165, 1.54) is 0 Å². The first-order valence-corrected chi connectivity index (χ1v) is 13.4. The van der Waals surface area contributed by atoms with Crippen molar-refractivity contribution in [1.82, 2.24) is 10.6 Å². The number of carbonyl (C=O) groups is 3. The molecule has 4 rings (SSSR count). The molecule has 1 atom stereocenters. The molecule has 0 heterocycles. The van der Waals surface area contributed by atoms with E-state index < -0.39 is 18.1 Å². The Morgan fingerprint density at radius 1 is 0.892 bits per heavy atom. The van der Waals surface area contributed by atoms with Crippen LogP contribution in [0.2, 0.25) is 0 Å². The molecule has 0 unspecified atom stereocenters. The van der Waals surface area contributed by atoms with Gasteiger partial charge < -0.3 is 20.5 Å². The Morgan fingerprint density at radius 3 is 2.14 bits per heavy atom. The number of aliphatic carboxylic acids is 1. The molecule has 0 bridgehead atoms. The summed E-state index contributed by atoms with van der Waals surface area (Å²) in [6, 6.07) is 22.8. The zero-order chi connectivity index (χ0) is 26.2. The van der Waals surface area contributed by atoms with Crippen molar-refractivity contribution in [3.8, 4) is 11.1 Å². The van der Waals surface area contributed by atoms with E-state index in [0.717, 1.165) is 31.4 Å². The maximum Gasteiger partial charge on any atom is 0.407 e. The van der Waals surface area contributed by atoms with Crippen LogP contribution in [0.1, 0.15) is 41.9 Å². The lowest BCUT2D eigenvalue weighted by Gasteiger charge is -2.17. The van der Waals surface area contributed by atoms with Crippen LogP contribution in [-0.4, -0.2) is 42.3 Å². The molecule has 0 aromatic heterocycles. The average molecular weight is 612 g/mol. The van der Waals surface area contributed by atoms with Crippen molar-refractivity contribution in [2.24, 2.45) is 0 Å². The minimum atomic E-state index is -1.11. The predicted molar refractivity (Wildman–Crippen MR) is 149 cm³/mol. The van der Waals surface area contributed by atoms with Crippen molar-refractivity contribution in [2.45, 2.75) is 37.6 Å². The van der Waals surface area contributed by atoms with Gasteiger partial charge in [0.15, 0.2) is 0 Å². The number of hydrogen-bond acceptors (Lipinski definition) is 4. The van der Waals surface area contributed by atoms with Crippen LogP contribution in [-0.2, 0) is 20.7 Å². The van der Waals surface area contributed by atoms with Crippen molar-refractivity contribution >= 4 is 40.6 Å². The Balaban J connectivity index is 1.20. The maximum atomic E-state index is 12.5. The third-order valence-electron chi connectivity index (χ3n) is 6.45. The third kappa shape index (κ3) is 7.09. The molecule has 8 heteroatoms. The summed E-state index contributed by atoms with van der Waals surface area (Å²) in [5.74, 6) is -1.28. The van der Waals surface area contributed by atoms with Crippen LogP contribution in [0.25, 0.3) is 11.1 Å². The Bertz CT molecular complexity index is 1220. The summed E-state index contributed by atoms with van der Waals surface area (Å²) in [5, 5.41) is 14.9. The van der Waals surface area contributed by atoms with Crippen molar-refractivity contribution in [2.75, 3.05) is 13.2 Å². The lowest BCUT2D eigenvalue weighted by Crippen LogP contribution is -2.41. The number of nitrogens with one attached hydrogen (secondary N) is 2. The topological polar surface area (TPSA) is 105 Å². The normalized spacial score (nSPS) is 12.8. The van der Waals surface area contributed by atoms with Crippen LogP contribution in [0.3, 0.4) is 0 Å². The summed E-state index contributed by atoms with van der Waals surface area (Å²) in [6.45, 7) is 0.569. The minimum absolute atomic E-state index is 0.0762. The summed E-state index contributed by atoms with van der Waals surface area (Å²) in [7, 11) is 0. The summed E-state index contributed by atoms with van der Waals surface area (Å²) in [5.41, 5.74) is 5.38. The van der Waals surface area contributed by atoms with E-state index in [0.29, 0.717) is 25.8 Å². The number of unbranched alkanes of at least 4 members (excludes halogenated alkanes) is 1. The van der Waals surface area contributed by atoms with Gasteiger partial charge in [-0.1, -0.05) is 60.7 Å². The Hall–Kier alpha value is -3.40. The second-order valence-electron chi connectivity index (χ2n) is 9.01. The van der Waals surface area contributed by atoms with Gasteiger partial charge in [-0.25, -0.2) is 9.59 Å². The first-order valence-electron chi connectivity index (χ1n) is 12.3. The quantitative estimate of drug-likeness (QED) is 0.206. The standard InChI is InChI=1S/C29H29IN2O5/c30-20-14-12-19(13-15-20)17-27(33)31-16-6-5-11-26(28(34)35)32-29(36)37-18-25-23-9-3-1-7-21(23)22-8-2-4-10-24(22)25/h1-4,7-10,12-15,25-26H,5-6,11,16-18H2,(H,31,33)(H,32,36)(H,34,35)/t26-/m0/s1. The highest BCUT2D eigenvalue weighted by atomic mass is 127. The molecule has 2 amide bonds. The molecule has 0 spiro atoms. The molecule has 0 aliphatic heterocycles. The summed E-state index contributed by atoms with van der Waals surface area (Å²) in [6.07, 6.45) is 0.934. The van der Waals surface area contributed by atoms with E-state index in [9.17, 15) is 19.5 Å². The highest BCUT2D eigenvalue weighted by Crippen LogP contribution is 2.44. The predicted octanol–water partition coefficient (Wildman–Crippen LogP) is 5.11. The first kappa shape index (κ1) is 26.7. The number of fused-ring (bicyclic) bond motifs is 3. The van der Waals surface area contributed by atoms with Crippen molar-refractivity contribution in [1.29, 1.82) is 0 Å². The van der Waals surface area contributed by atoms with Gasteiger partial charge in [0.05, 0.1) is 6.42 Å². The second-order valence-corrected chi connectivity index (χ2v) is 10.3. The van der Waals surface area contributed by atoms with Crippen LogP contribution >= 0.6 is 22.6 Å². The number of carboxylic acid groups (broad SMARTS) is 1. The highest BCUT2D eigenvalue weighted by molar-refractivity contribution is 14.1. The van der Waals surface area contributed by atoms with E-state index >= 15 is 0 Å². The van der Waals surface area contributed by atoms with Gasteiger partial charge in [0, 0.05) is 16.0 Å². The van der Waals surface area contributed by atoms with Crippen LogP contribution < -0.4 is 10.6 Å². The lowest BCUT2D eigenvalue weighted by molar-refractivity contribution is -0.139. The molecule has 3 N–H and O–H groups in total. The van der Waals surface area contributed by atoms with Gasteiger partial charge in [0.25, 0.3) is 0 Å². The summed E-state index contributed by atoms with van der Waals surface area (Å²) >= 11 is 2.22. The number of halogens is 1. The van der Waals surface area contributed by atoms with Crippen LogP contribution in [0, 0.1) is 3.57 Å². The zero-order valence-corrected chi connectivity index (χ0v) is 22.4. The average Bonchev–Trinajstić information content (AvgIpc) is 3.21. The number of benzene rings is 3. The van der Waals surface area contributed by atoms with Gasteiger partial charge in [-0.3, -0.25) is 4.79 Å². The molecule has 1 aliphatic carbocycles. The van der Waals surface area contributed by atoms with E-state index in [1.807, 2.05) is 60.7 Å². The van der Waals surface area contributed by atoms with Gasteiger partial charge in [0.2, 0.25) is 5.91 Å². The molecular weight excluding hydrogens is 583 g/mol. The van der Waals surface area contributed by atoms with Gasteiger partial charge in [-0.2, -0.15) is 0 Å². The van der Waals surface area contributed by atoms with Gasteiger partial charge in [-0.15, -0.1) is 0 Å². The molecule has 0 saturated heterocycles. The molecule has 3 aromatic rings. The fourth-order valence-electron chi connectivity index (χ4n) is 4.59. The number of rotatable bonds is 11. The number of alkyl carbamates (subject to hydrolysis) is 1. The minimum Gasteiger partial charge on any atom is -0.480 e. The number of carbonyl (C=O) groups excluding carboxylic acids is 2. The second kappa shape index (κ2) is 12.7. The van der Waals surface area contributed by atoms with Gasteiger partial charge in [0.1, 0.15) is 12.6 Å². The summed E-state index contributed by atoms with van der Waals surface area (Å²) in [4.78, 5) is 36.2. The molecule has 3 aromatic carbocycles. The fourth-order valence-corrected chi connectivity index (χ4v) is 4.95. The van der Waals surface area contributed by atoms with Crippen molar-refractivity contribution < 1.29 is 24.2 Å². The number of ether oxygens (including phenoxy) is 1. The Morgan fingerprint density at radius 2 is 1.51 bits per heavy atom. The molecular formula is C29H29IN2O5. The molecule has 0 fully saturated rings. The highest BCUT2D eigenvalue weighted by Gasteiger charge is 2.29. The molecule has 7 nitrogen and oxygen atoms in total. The maximum absolute atomic E-state index is 12.5. The van der Waals surface area contributed by atoms with E-state index in [1.54, 1.807) is 0 Å². The van der Waals surface area contributed by atoms with E-state index in [4.69, 9.17) is 4.74 Å². The van der Waals surface area contributed by atoms with Crippen LogP contribution in [0.4, 0.5) is 4.79 Å². The van der Waals surface area contributed by atoms with E-state index in [2.05, 4.69) is 45.4 Å². The molecule has 37 heavy (non-hydrogen) atoms. The molecule has 1 aliphatic rings. The van der Waals surface area contributed by atoms with Crippen molar-refractivity contribution in [3.63, 3.8) is 0 Å². The SMILES string of the molecule is O=C(Cc1ccc(I)cc1)NCCCC[C@H](NC(=O)OCC1c2ccccc2-c2ccccc21)C(=O)O. The number of hydrogen-bond donors (Lipinski definition) is 3. The van der Waals surface area contributed by atoms with Gasteiger partial charge >= 0.3 is 12.1 Å². The smallest absolute Gasteiger partial charge is 0.407 e. The Labute approximate surface area is 229 Å². The number of amides is 2. The van der Waals surface area contributed by atoms with Crippen LogP contribution in [0.5, 0.6) is 0 Å². The molecule has 0 radical (unpaired) electrons. The van der Waals surface area contributed by atoms with Crippen LogP contribution in [0.15, 0.2) is 72.8 Å². The largest absolute Gasteiger partial charge is 0.480 e. The third-order valence-corrected chi connectivity index (χ3v) is 7.17. The number of carboxylic acids is 1. The van der Waals surface area contributed by atoms with Crippen molar-refractivity contribution in [3.05, 3.63) is 93.1 Å². The lowest BCUT2D eigenvalue weighted by atomic mass is 9.98. The first-order chi connectivity index (χ1) is 17.9. The van der Waals surface area contributed by atoms with E-state index in [-0.39, 0.29) is 24.9 Å². The fraction of sp³-hybridized carbons (Fsp3) is 0.276. The Kier molecular flexibility index (Phi) is 9.16. The zero-order valence-electron chi connectivity index (χ0n) is 20.3. The monoisotopic (exact) mass is 612 g/mol.